The molecule has 0 saturated carbocycles. The maximum absolute atomic E-state index is 13.1. The van der Waals surface area contributed by atoms with E-state index >= 15 is 0 Å². The maximum Gasteiger partial charge on any atom is 0.278 e. The first-order valence-corrected chi connectivity index (χ1v) is 9.14. The maximum atomic E-state index is 13.1. The molecule has 0 atom stereocenters. The number of benzene rings is 2. The molecule has 2 amide bonds. The molecule has 1 aliphatic heterocycles. The van der Waals surface area contributed by atoms with Gasteiger partial charge in [-0.2, -0.15) is 0 Å². The van der Waals surface area contributed by atoms with Crippen molar-refractivity contribution in [1.29, 1.82) is 0 Å². The molecule has 1 N–H and O–H groups in total. The summed E-state index contributed by atoms with van der Waals surface area (Å²) in [5, 5.41) is 3.68. The zero-order chi connectivity index (χ0) is 19.7. The standard InChI is InChI=1S/C22H17ClN2O3/c1-14-9-10-16(12-18(14)23)24-20-19(15-6-3-2-4-7-15)21(26)25(22(20)27)13-17-8-5-11-28-17/h2-12,24H,13H2,1H3. The molecule has 2 heterocycles. The Balaban J connectivity index is 1.75. The van der Waals surface area contributed by atoms with Crippen molar-refractivity contribution in [3.05, 3.63) is 94.5 Å². The van der Waals surface area contributed by atoms with Crippen molar-refractivity contribution in [2.24, 2.45) is 0 Å². The van der Waals surface area contributed by atoms with E-state index < -0.39 is 5.91 Å². The number of anilines is 1. The van der Waals surface area contributed by atoms with Crippen LogP contribution in [0, 0.1) is 6.92 Å². The van der Waals surface area contributed by atoms with Crippen LogP contribution in [0.5, 0.6) is 0 Å². The highest BCUT2D eigenvalue weighted by molar-refractivity contribution is 6.36. The normalized spacial score (nSPS) is 14.1. The number of aryl methyl sites for hydroxylation is 1. The second-order valence-corrected chi connectivity index (χ2v) is 6.89. The lowest BCUT2D eigenvalue weighted by atomic mass is 10.0. The second kappa shape index (κ2) is 7.37. The van der Waals surface area contributed by atoms with Gasteiger partial charge in [0, 0.05) is 10.7 Å². The molecular formula is C22H17ClN2O3. The fourth-order valence-corrected chi connectivity index (χ4v) is 3.26. The van der Waals surface area contributed by atoms with Gasteiger partial charge in [0.05, 0.1) is 18.4 Å². The Morgan fingerprint density at radius 1 is 1.00 bits per heavy atom. The summed E-state index contributed by atoms with van der Waals surface area (Å²) < 4.78 is 5.31. The number of carbonyl (C=O) groups is 2. The first-order chi connectivity index (χ1) is 13.5. The van der Waals surface area contributed by atoms with Gasteiger partial charge in [-0.05, 0) is 42.3 Å². The predicted molar refractivity (Wildman–Crippen MR) is 107 cm³/mol. The summed E-state index contributed by atoms with van der Waals surface area (Å²) in [6.45, 7) is 1.97. The van der Waals surface area contributed by atoms with Gasteiger partial charge < -0.3 is 9.73 Å². The third-order valence-electron chi connectivity index (χ3n) is 4.57. The second-order valence-electron chi connectivity index (χ2n) is 6.48. The number of halogens is 1. The van der Waals surface area contributed by atoms with Crippen LogP contribution in [0.25, 0.3) is 5.57 Å². The van der Waals surface area contributed by atoms with Crippen LogP contribution in [0.2, 0.25) is 5.02 Å². The molecule has 0 radical (unpaired) electrons. The molecule has 1 aliphatic rings. The van der Waals surface area contributed by atoms with Crippen molar-refractivity contribution < 1.29 is 14.0 Å². The monoisotopic (exact) mass is 392 g/mol. The van der Waals surface area contributed by atoms with Gasteiger partial charge in [0.2, 0.25) is 0 Å². The highest BCUT2D eigenvalue weighted by Gasteiger charge is 2.39. The highest BCUT2D eigenvalue weighted by Crippen LogP contribution is 2.32. The lowest BCUT2D eigenvalue weighted by Crippen LogP contribution is -2.31. The lowest BCUT2D eigenvalue weighted by Gasteiger charge is -2.14. The molecule has 28 heavy (non-hydrogen) atoms. The van der Waals surface area contributed by atoms with E-state index in [1.165, 1.54) is 11.2 Å². The summed E-state index contributed by atoms with van der Waals surface area (Å²) in [5.74, 6) is -0.237. The largest absolute Gasteiger partial charge is 0.467 e. The van der Waals surface area contributed by atoms with Crippen molar-refractivity contribution in [3.8, 4) is 0 Å². The molecule has 0 bridgehead atoms. The molecule has 1 aromatic heterocycles. The van der Waals surface area contributed by atoms with Crippen LogP contribution in [0.15, 0.2) is 77.0 Å². The minimum atomic E-state index is -0.406. The van der Waals surface area contributed by atoms with Gasteiger partial charge in [-0.15, -0.1) is 0 Å². The molecule has 140 valence electrons. The third kappa shape index (κ3) is 3.32. The van der Waals surface area contributed by atoms with Crippen LogP contribution in [-0.4, -0.2) is 16.7 Å². The summed E-state index contributed by atoms with van der Waals surface area (Å²) >= 11 is 6.21. The number of rotatable bonds is 5. The van der Waals surface area contributed by atoms with Gasteiger partial charge in [-0.3, -0.25) is 14.5 Å². The average Bonchev–Trinajstić information content (AvgIpc) is 3.29. The number of nitrogens with zero attached hydrogens (tertiary/aromatic N) is 1. The smallest absolute Gasteiger partial charge is 0.278 e. The summed E-state index contributed by atoms with van der Waals surface area (Å²) in [6, 6.07) is 18.0. The molecule has 4 rings (SSSR count). The van der Waals surface area contributed by atoms with E-state index in [2.05, 4.69) is 5.32 Å². The van der Waals surface area contributed by atoms with E-state index in [0.717, 1.165) is 5.56 Å². The van der Waals surface area contributed by atoms with Gasteiger partial charge >= 0.3 is 0 Å². The van der Waals surface area contributed by atoms with Crippen molar-refractivity contribution in [3.63, 3.8) is 0 Å². The van der Waals surface area contributed by atoms with E-state index in [1.54, 1.807) is 30.3 Å². The zero-order valence-corrected chi connectivity index (χ0v) is 15.9. The summed E-state index contributed by atoms with van der Waals surface area (Å²) in [5.41, 5.74) is 2.79. The van der Waals surface area contributed by atoms with E-state index in [9.17, 15) is 9.59 Å². The molecule has 0 aliphatic carbocycles. The quantitative estimate of drug-likeness (QED) is 0.643. The van der Waals surface area contributed by atoms with E-state index in [1.807, 2.05) is 37.3 Å². The molecule has 0 fully saturated rings. The Labute approximate surface area is 167 Å². The van der Waals surface area contributed by atoms with Gasteiger partial charge in [0.25, 0.3) is 11.8 Å². The Kier molecular flexibility index (Phi) is 4.75. The number of amides is 2. The first-order valence-electron chi connectivity index (χ1n) is 8.76. The van der Waals surface area contributed by atoms with Crippen molar-refractivity contribution in [2.75, 3.05) is 5.32 Å². The number of carbonyl (C=O) groups excluding carboxylic acids is 2. The molecule has 0 unspecified atom stereocenters. The SMILES string of the molecule is Cc1ccc(NC2=C(c3ccccc3)C(=O)N(Cc3ccco3)C2=O)cc1Cl. The van der Waals surface area contributed by atoms with Crippen molar-refractivity contribution >= 4 is 34.7 Å². The topological polar surface area (TPSA) is 62.6 Å². The van der Waals surface area contributed by atoms with Crippen LogP contribution < -0.4 is 5.32 Å². The number of furan rings is 1. The minimum Gasteiger partial charge on any atom is -0.467 e. The molecular weight excluding hydrogens is 376 g/mol. The molecule has 2 aromatic carbocycles. The number of hydrogen-bond donors (Lipinski definition) is 1. The molecule has 0 spiro atoms. The van der Waals surface area contributed by atoms with Gasteiger partial charge in [-0.1, -0.05) is 48.0 Å². The Hall–Kier alpha value is -3.31. The highest BCUT2D eigenvalue weighted by atomic mass is 35.5. The predicted octanol–water partition coefficient (Wildman–Crippen LogP) is 4.63. The van der Waals surface area contributed by atoms with Crippen molar-refractivity contribution in [2.45, 2.75) is 13.5 Å². The summed E-state index contributed by atoms with van der Waals surface area (Å²) in [4.78, 5) is 27.4. The van der Waals surface area contributed by atoms with Gasteiger partial charge in [0.15, 0.2) is 0 Å². The van der Waals surface area contributed by atoms with Crippen molar-refractivity contribution in [1.82, 2.24) is 4.90 Å². The molecule has 5 nitrogen and oxygen atoms in total. The summed E-state index contributed by atoms with van der Waals surface area (Å²) in [6.07, 6.45) is 1.51. The Bertz CT molecular complexity index is 1070. The van der Waals surface area contributed by atoms with Gasteiger partial charge in [0.1, 0.15) is 11.5 Å². The lowest BCUT2D eigenvalue weighted by molar-refractivity contribution is -0.137. The molecule has 6 heteroatoms. The van der Waals surface area contributed by atoms with Crippen LogP contribution in [0.1, 0.15) is 16.9 Å². The fourth-order valence-electron chi connectivity index (χ4n) is 3.08. The van der Waals surface area contributed by atoms with E-state index in [-0.39, 0.29) is 18.1 Å². The third-order valence-corrected chi connectivity index (χ3v) is 4.97. The van der Waals surface area contributed by atoms with Gasteiger partial charge in [-0.25, -0.2) is 0 Å². The van der Waals surface area contributed by atoms with E-state index in [4.69, 9.17) is 16.0 Å². The Morgan fingerprint density at radius 3 is 2.46 bits per heavy atom. The molecule has 0 saturated heterocycles. The zero-order valence-electron chi connectivity index (χ0n) is 15.1. The fraction of sp³-hybridized carbons (Fsp3) is 0.0909. The van der Waals surface area contributed by atoms with Crippen LogP contribution in [0.4, 0.5) is 5.69 Å². The Morgan fingerprint density at radius 2 is 1.79 bits per heavy atom. The van der Waals surface area contributed by atoms with Crippen LogP contribution >= 0.6 is 11.6 Å². The first kappa shape index (κ1) is 18.1. The van der Waals surface area contributed by atoms with Crippen LogP contribution in [0.3, 0.4) is 0 Å². The number of hydrogen-bond acceptors (Lipinski definition) is 4. The average molecular weight is 393 g/mol. The van der Waals surface area contributed by atoms with Crippen LogP contribution in [-0.2, 0) is 16.1 Å². The molecule has 3 aromatic rings. The minimum absolute atomic E-state index is 0.0703. The summed E-state index contributed by atoms with van der Waals surface area (Å²) in [7, 11) is 0. The number of imide groups is 1. The van der Waals surface area contributed by atoms with E-state index in [0.29, 0.717) is 27.6 Å². The number of nitrogens with one attached hydrogen (secondary N) is 1.